The molecule has 30 heavy (non-hydrogen) atoms. The first-order valence-electron chi connectivity index (χ1n) is 11.3. The van der Waals surface area contributed by atoms with Gasteiger partial charge in [-0.05, 0) is 44.2 Å². The molecule has 0 aliphatic carbocycles. The number of anilines is 1. The molecule has 3 rings (SSSR count). The maximum absolute atomic E-state index is 11.7. The molecular weight excluding hydrogens is 491 g/mol. The number of hydrogen-bond acceptors (Lipinski definition) is 4. The summed E-state index contributed by atoms with van der Waals surface area (Å²) in [6, 6.07) is 4.27. The first kappa shape index (κ1) is 24.7. The summed E-state index contributed by atoms with van der Waals surface area (Å²) in [5, 5.41) is 6.66. The van der Waals surface area contributed by atoms with Gasteiger partial charge in [0.05, 0.1) is 6.54 Å². The van der Waals surface area contributed by atoms with Gasteiger partial charge in [-0.1, -0.05) is 18.9 Å². The van der Waals surface area contributed by atoms with Crippen molar-refractivity contribution in [3.05, 3.63) is 23.9 Å². The monoisotopic (exact) mass is 528 g/mol. The Morgan fingerprint density at radius 2 is 1.90 bits per heavy atom. The van der Waals surface area contributed by atoms with Crippen molar-refractivity contribution < 1.29 is 4.79 Å². The van der Waals surface area contributed by atoms with Crippen LogP contribution in [0.3, 0.4) is 0 Å². The fraction of sp³-hybridized carbons (Fsp3) is 0.682. The molecular formula is C22H37IN6O. The molecule has 1 aromatic heterocycles. The topological polar surface area (TPSA) is 72.9 Å². The molecule has 2 N–H and O–H groups in total. The molecule has 0 aromatic carbocycles. The Morgan fingerprint density at radius 3 is 2.53 bits per heavy atom. The maximum atomic E-state index is 11.7. The fourth-order valence-corrected chi connectivity index (χ4v) is 3.93. The van der Waals surface area contributed by atoms with E-state index in [2.05, 4.69) is 44.6 Å². The molecule has 168 valence electrons. The van der Waals surface area contributed by atoms with Crippen molar-refractivity contribution in [2.24, 2.45) is 4.99 Å². The molecule has 0 bridgehead atoms. The molecule has 1 amide bonds. The van der Waals surface area contributed by atoms with E-state index in [0.29, 0.717) is 18.9 Å². The Labute approximate surface area is 198 Å². The highest BCUT2D eigenvalue weighted by molar-refractivity contribution is 14.0. The molecule has 2 aliphatic heterocycles. The number of likely N-dealkylation sites (tertiary alicyclic amines) is 1. The van der Waals surface area contributed by atoms with Crippen LogP contribution in [0.4, 0.5) is 5.82 Å². The van der Waals surface area contributed by atoms with Gasteiger partial charge in [0.2, 0.25) is 5.91 Å². The molecule has 3 heterocycles. The van der Waals surface area contributed by atoms with Crippen molar-refractivity contribution in [3.63, 3.8) is 0 Å². The maximum Gasteiger partial charge on any atom is 0.222 e. The number of halogens is 1. The van der Waals surface area contributed by atoms with Gasteiger partial charge in [0.15, 0.2) is 5.96 Å². The zero-order chi connectivity index (χ0) is 20.3. The lowest BCUT2D eigenvalue weighted by molar-refractivity contribution is -0.127. The Kier molecular flexibility index (Phi) is 11.2. The van der Waals surface area contributed by atoms with Crippen molar-refractivity contribution in [2.45, 2.75) is 58.4 Å². The van der Waals surface area contributed by atoms with Crippen LogP contribution in [0.25, 0.3) is 0 Å². The molecule has 0 unspecified atom stereocenters. The second-order valence-electron chi connectivity index (χ2n) is 7.89. The largest absolute Gasteiger partial charge is 0.357 e. The van der Waals surface area contributed by atoms with Crippen LogP contribution in [-0.4, -0.2) is 61.0 Å². The molecule has 1 aromatic rings. The quantitative estimate of drug-likeness (QED) is 0.235. The minimum absolute atomic E-state index is 0. The van der Waals surface area contributed by atoms with Crippen molar-refractivity contribution in [1.29, 1.82) is 0 Å². The zero-order valence-electron chi connectivity index (χ0n) is 18.2. The third kappa shape index (κ3) is 7.92. The highest BCUT2D eigenvalue weighted by Gasteiger charge is 2.18. The van der Waals surface area contributed by atoms with Crippen LogP contribution in [0.15, 0.2) is 23.3 Å². The number of guanidine groups is 1. The standard InChI is InChI=1S/C22H36N6O.HI/c1-2-23-22(24-12-8-16-28-15-7-9-21(28)29)26-18-19-10-11-20(25-17-19)27-13-5-3-4-6-14-27;/h10-11,17H,2-9,12-16,18H2,1H3,(H2,23,24,26);1H. The Balaban J connectivity index is 0.00000320. The summed E-state index contributed by atoms with van der Waals surface area (Å²) in [7, 11) is 0. The second kappa shape index (κ2) is 13.7. The minimum Gasteiger partial charge on any atom is -0.357 e. The minimum atomic E-state index is 0. The van der Waals surface area contributed by atoms with Crippen LogP contribution in [0, 0.1) is 0 Å². The van der Waals surface area contributed by atoms with Gasteiger partial charge in [0.1, 0.15) is 5.82 Å². The number of nitrogens with zero attached hydrogens (tertiary/aromatic N) is 4. The van der Waals surface area contributed by atoms with E-state index in [-0.39, 0.29) is 24.0 Å². The lowest BCUT2D eigenvalue weighted by Crippen LogP contribution is -2.39. The molecule has 0 saturated carbocycles. The van der Waals surface area contributed by atoms with Gasteiger partial charge in [0, 0.05) is 51.9 Å². The van der Waals surface area contributed by atoms with E-state index < -0.39 is 0 Å². The molecule has 2 fully saturated rings. The number of nitrogens with one attached hydrogen (secondary N) is 2. The summed E-state index contributed by atoms with van der Waals surface area (Å²) in [5.41, 5.74) is 1.11. The number of carbonyl (C=O) groups excluding carboxylic acids is 1. The van der Waals surface area contributed by atoms with E-state index >= 15 is 0 Å². The third-order valence-electron chi connectivity index (χ3n) is 5.57. The van der Waals surface area contributed by atoms with Gasteiger partial charge in [-0.2, -0.15) is 0 Å². The number of aliphatic imine (C=N–C) groups is 1. The fourth-order valence-electron chi connectivity index (χ4n) is 3.93. The third-order valence-corrected chi connectivity index (χ3v) is 5.57. The molecule has 2 saturated heterocycles. The lowest BCUT2D eigenvalue weighted by atomic mass is 10.2. The summed E-state index contributed by atoms with van der Waals surface area (Å²) in [5.74, 6) is 2.19. The van der Waals surface area contributed by atoms with E-state index in [1.165, 1.54) is 25.7 Å². The summed E-state index contributed by atoms with van der Waals surface area (Å²) >= 11 is 0. The van der Waals surface area contributed by atoms with Gasteiger partial charge in [-0.15, -0.1) is 24.0 Å². The van der Waals surface area contributed by atoms with E-state index in [1.807, 2.05) is 11.1 Å². The molecule has 0 atom stereocenters. The van der Waals surface area contributed by atoms with Crippen LogP contribution in [-0.2, 0) is 11.3 Å². The van der Waals surface area contributed by atoms with E-state index in [9.17, 15) is 4.79 Å². The zero-order valence-corrected chi connectivity index (χ0v) is 20.6. The second-order valence-corrected chi connectivity index (χ2v) is 7.89. The van der Waals surface area contributed by atoms with Gasteiger partial charge >= 0.3 is 0 Å². The lowest BCUT2D eigenvalue weighted by Gasteiger charge is -2.21. The van der Waals surface area contributed by atoms with Crippen molar-refractivity contribution in [3.8, 4) is 0 Å². The summed E-state index contributed by atoms with van der Waals surface area (Å²) < 4.78 is 0. The predicted molar refractivity (Wildman–Crippen MR) is 134 cm³/mol. The number of carbonyl (C=O) groups is 1. The molecule has 8 heteroatoms. The van der Waals surface area contributed by atoms with E-state index in [4.69, 9.17) is 0 Å². The van der Waals surface area contributed by atoms with Gasteiger partial charge in [-0.25, -0.2) is 9.98 Å². The average Bonchev–Trinajstić information content (AvgIpc) is 2.98. The van der Waals surface area contributed by atoms with E-state index in [1.54, 1.807) is 0 Å². The number of pyridine rings is 1. The van der Waals surface area contributed by atoms with Crippen molar-refractivity contribution >= 4 is 41.7 Å². The highest BCUT2D eigenvalue weighted by Crippen LogP contribution is 2.17. The Morgan fingerprint density at radius 1 is 1.10 bits per heavy atom. The summed E-state index contributed by atoms with van der Waals surface area (Å²) in [4.78, 5) is 25.4. The highest BCUT2D eigenvalue weighted by atomic mass is 127. The average molecular weight is 528 g/mol. The number of rotatable bonds is 8. The van der Waals surface area contributed by atoms with Crippen molar-refractivity contribution in [1.82, 2.24) is 20.5 Å². The van der Waals surface area contributed by atoms with Gasteiger partial charge < -0.3 is 20.4 Å². The summed E-state index contributed by atoms with van der Waals surface area (Å²) in [6.45, 7) is 8.26. The van der Waals surface area contributed by atoms with Crippen LogP contribution < -0.4 is 15.5 Å². The number of amides is 1. The van der Waals surface area contributed by atoms with Crippen molar-refractivity contribution in [2.75, 3.05) is 44.2 Å². The van der Waals surface area contributed by atoms with E-state index in [0.717, 1.165) is 69.5 Å². The molecule has 2 aliphatic rings. The van der Waals surface area contributed by atoms with Crippen LogP contribution in [0.1, 0.15) is 57.4 Å². The molecule has 0 spiro atoms. The van der Waals surface area contributed by atoms with Crippen LogP contribution >= 0.6 is 24.0 Å². The normalized spacial score (nSPS) is 17.5. The first-order chi connectivity index (χ1) is 14.3. The summed E-state index contributed by atoms with van der Waals surface area (Å²) in [6.07, 6.45) is 9.78. The van der Waals surface area contributed by atoms with Gasteiger partial charge in [0.25, 0.3) is 0 Å². The molecule has 0 radical (unpaired) electrons. The van der Waals surface area contributed by atoms with Crippen LogP contribution in [0.5, 0.6) is 0 Å². The predicted octanol–water partition coefficient (Wildman–Crippen LogP) is 3.15. The number of aromatic nitrogens is 1. The van der Waals surface area contributed by atoms with Crippen LogP contribution in [0.2, 0.25) is 0 Å². The Hall–Kier alpha value is -1.58. The smallest absolute Gasteiger partial charge is 0.222 e. The molecule has 7 nitrogen and oxygen atoms in total. The Bertz CT molecular complexity index is 658. The first-order valence-corrected chi connectivity index (χ1v) is 11.3. The van der Waals surface area contributed by atoms with Gasteiger partial charge in [-0.3, -0.25) is 4.79 Å². The SMILES string of the molecule is CCNC(=NCc1ccc(N2CCCCCC2)nc1)NCCCN1CCCC1=O.I. The number of hydrogen-bond donors (Lipinski definition) is 2.